The fraction of sp³-hybridized carbons (Fsp3) is 0.357. The molecule has 0 aliphatic carbocycles. The second-order valence-corrected chi connectivity index (χ2v) is 4.85. The maximum absolute atomic E-state index is 6.20. The molecule has 19 heavy (non-hydrogen) atoms. The topological polar surface area (TPSA) is 39.1 Å². The average molecular weight is 280 g/mol. The molecule has 4 nitrogen and oxygen atoms in total. The van der Waals surface area contributed by atoms with E-state index in [1.165, 1.54) is 0 Å². The molecule has 5 heteroatoms. The van der Waals surface area contributed by atoms with E-state index in [4.69, 9.17) is 16.3 Å². The second kappa shape index (κ2) is 6.08. The summed E-state index contributed by atoms with van der Waals surface area (Å²) in [6.45, 7) is 3.14. The van der Waals surface area contributed by atoms with Crippen LogP contribution in [0.3, 0.4) is 0 Å². The molecule has 1 aromatic heterocycles. The average Bonchev–Trinajstić information content (AvgIpc) is 2.67. The summed E-state index contributed by atoms with van der Waals surface area (Å²) in [7, 11) is 3.81. The third-order valence-corrected chi connectivity index (χ3v) is 3.18. The molecule has 102 valence electrons. The lowest BCUT2D eigenvalue weighted by molar-refractivity contribution is 0.291. The number of nitrogens with zero attached hydrogens (tertiary/aromatic N) is 2. The van der Waals surface area contributed by atoms with E-state index in [1.807, 2.05) is 50.0 Å². The van der Waals surface area contributed by atoms with Crippen molar-refractivity contribution < 1.29 is 4.74 Å². The highest BCUT2D eigenvalue weighted by Gasteiger charge is 2.09. The van der Waals surface area contributed by atoms with Gasteiger partial charge in [0.15, 0.2) is 0 Å². The molecule has 0 spiro atoms. The highest BCUT2D eigenvalue weighted by molar-refractivity contribution is 6.32. The Bertz CT molecular complexity index is 566. The van der Waals surface area contributed by atoms with Crippen LogP contribution in [0.4, 0.5) is 0 Å². The maximum atomic E-state index is 6.20. The SMILES string of the molecule is CNCc1cccc(Cl)c1OCc1cc(C)nn1C. The standard InChI is InChI=1S/C14H18ClN3O/c1-10-7-12(18(3)17-10)9-19-14-11(8-16-2)5-4-6-13(14)15/h4-7,16H,8-9H2,1-3H3. The van der Waals surface area contributed by atoms with Crippen molar-refractivity contribution in [2.45, 2.75) is 20.1 Å². The highest BCUT2D eigenvalue weighted by Crippen LogP contribution is 2.29. The highest BCUT2D eigenvalue weighted by atomic mass is 35.5. The van der Waals surface area contributed by atoms with Crippen LogP contribution < -0.4 is 10.1 Å². The summed E-state index contributed by atoms with van der Waals surface area (Å²) >= 11 is 6.20. The van der Waals surface area contributed by atoms with Crippen LogP contribution >= 0.6 is 11.6 Å². The van der Waals surface area contributed by atoms with E-state index >= 15 is 0 Å². The summed E-state index contributed by atoms with van der Waals surface area (Å²) < 4.78 is 7.69. The van der Waals surface area contributed by atoms with Gasteiger partial charge in [-0.05, 0) is 26.1 Å². The largest absolute Gasteiger partial charge is 0.485 e. The Hall–Kier alpha value is -1.52. The van der Waals surface area contributed by atoms with E-state index < -0.39 is 0 Å². The number of hydrogen-bond acceptors (Lipinski definition) is 3. The van der Waals surface area contributed by atoms with E-state index in [2.05, 4.69) is 10.4 Å². The molecule has 1 N–H and O–H groups in total. The molecule has 0 unspecified atom stereocenters. The van der Waals surface area contributed by atoms with Crippen molar-refractivity contribution in [3.63, 3.8) is 0 Å². The van der Waals surface area contributed by atoms with Gasteiger partial charge in [-0.1, -0.05) is 23.7 Å². The molecule has 0 fully saturated rings. The first-order chi connectivity index (χ1) is 9.11. The normalized spacial score (nSPS) is 10.7. The molecule has 1 heterocycles. The van der Waals surface area contributed by atoms with Crippen molar-refractivity contribution in [3.8, 4) is 5.75 Å². The number of aromatic nitrogens is 2. The van der Waals surface area contributed by atoms with Crippen LogP contribution in [0.15, 0.2) is 24.3 Å². The lowest BCUT2D eigenvalue weighted by Crippen LogP contribution is -2.09. The number of aryl methyl sites for hydroxylation is 2. The third kappa shape index (κ3) is 3.28. The number of rotatable bonds is 5. The molecule has 2 aromatic rings. The summed E-state index contributed by atoms with van der Waals surface area (Å²) in [4.78, 5) is 0. The smallest absolute Gasteiger partial charge is 0.142 e. The molecule has 0 amide bonds. The molecule has 2 rings (SSSR count). The Labute approximate surface area is 118 Å². The van der Waals surface area contributed by atoms with Gasteiger partial charge in [-0.25, -0.2) is 0 Å². The van der Waals surface area contributed by atoms with Crippen molar-refractivity contribution >= 4 is 11.6 Å². The molecular formula is C14H18ClN3O. The fourth-order valence-electron chi connectivity index (χ4n) is 1.99. The zero-order chi connectivity index (χ0) is 13.8. The Morgan fingerprint density at radius 1 is 1.42 bits per heavy atom. The quantitative estimate of drug-likeness (QED) is 0.915. The number of nitrogens with one attached hydrogen (secondary N) is 1. The molecule has 0 aliphatic heterocycles. The fourth-order valence-corrected chi connectivity index (χ4v) is 2.24. The summed E-state index contributed by atoms with van der Waals surface area (Å²) in [5.41, 5.74) is 3.05. The van der Waals surface area contributed by atoms with E-state index in [9.17, 15) is 0 Å². The minimum atomic E-state index is 0.456. The summed E-state index contributed by atoms with van der Waals surface area (Å²) in [5.74, 6) is 0.734. The van der Waals surface area contributed by atoms with Crippen LogP contribution in [0.2, 0.25) is 5.02 Å². The summed E-state index contributed by atoms with van der Waals surface area (Å²) in [5, 5.41) is 8.04. The summed E-state index contributed by atoms with van der Waals surface area (Å²) in [6.07, 6.45) is 0. The van der Waals surface area contributed by atoms with Gasteiger partial charge in [0.25, 0.3) is 0 Å². The number of para-hydroxylation sites is 1. The van der Waals surface area contributed by atoms with Gasteiger partial charge in [-0.3, -0.25) is 4.68 Å². The molecule has 0 saturated carbocycles. The van der Waals surface area contributed by atoms with Crippen molar-refractivity contribution in [3.05, 3.63) is 46.2 Å². The van der Waals surface area contributed by atoms with Crippen LogP contribution in [0.5, 0.6) is 5.75 Å². The lowest BCUT2D eigenvalue weighted by atomic mass is 10.2. The van der Waals surface area contributed by atoms with Gasteiger partial charge in [-0.2, -0.15) is 5.10 Å². The molecule has 0 aliphatic rings. The van der Waals surface area contributed by atoms with Gasteiger partial charge in [0.2, 0.25) is 0 Å². The van der Waals surface area contributed by atoms with E-state index in [0.717, 1.165) is 29.2 Å². The molecule has 0 bridgehead atoms. The minimum absolute atomic E-state index is 0.456. The number of benzene rings is 1. The maximum Gasteiger partial charge on any atom is 0.142 e. The monoisotopic (exact) mass is 279 g/mol. The molecule has 0 atom stereocenters. The first kappa shape index (κ1) is 13.9. The van der Waals surface area contributed by atoms with Crippen LogP contribution in [0, 0.1) is 6.92 Å². The number of ether oxygens (including phenoxy) is 1. The Morgan fingerprint density at radius 2 is 2.21 bits per heavy atom. The Kier molecular flexibility index (Phi) is 4.45. The van der Waals surface area contributed by atoms with Gasteiger partial charge in [0, 0.05) is 19.2 Å². The predicted molar refractivity (Wildman–Crippen MR) is 76.5 cm³/mol. The van der Waals surface area contributed by atoms with Crippen molar-refractivity contribution in [1.82, 2.24) is 15.1 Å². The third-order valence-electron chi connectivity index (χ3n) is 2.88. The Balaban J connectivity index is 2.17. The first-order valence-electron chi connectivity index (χ1n) is 6.16. The number of hydrogen-bond donors (Lipinski definition) is 1. The second-order valence-electron chi connectivity index (χ2n) is 4.45. The molecule has 1 aromatic carbocycles. The van der Waals surface area contributed by atoms with Crippen molar-refractivity contribution in [1.29, 1.82) is 0 Å². The van der Waals surface area contributed by atoms with E-state index in [-0.39, 0.29) is 0 Å². The van der Waals surface area contributed by atoms with Crippen molar-refractivity contribution in [2.75, 3.05) is 7.05 Å². The predicted octanol–water partition coefficient (Wildman–Crippen LogP) is 2.68. The van der Waals surface area contributed by atoms with Gasteiger partial charge in [0.1, 0.15) is 12.4 Å². The van der Waals surface area contributed by atoms with E-state index in [1.54, 1.807) is 0 Å². The van der Waals surface area contributed by atoms with Crippen LogP contribution in [0.1, 0.15) is 17.0 Å². The first-order valence-corrected chi connectivity index (χ1v) is 6.54. The molecule has 0 saturated heterocycles. The zero-order valence-corrected chi connectivity index (χ0v) is 12.2. The van der Waals surface area contributed by atoms with Crippen LogP contribution in [0.25, 0.3) is 0 Å². The molecule has 0 radical (unpaired) electrons. The van der Waals surface area contributed by atoms with Gasteiger partial charge < -0.3 is 10.1 Å². The van der Waals surface area contributed by atoms with Gasteiger partial charge >= 0.3 is 0 Å². The van der Waals surface area contributed by atoms with Crippen molar-refractivity contribution in [2.24, 2.45) is 7.05 Å². The summed E-state index contributed by atoms with van der Waals surface area (Å²) in [6, 6.07) is 7.78. The number of halogens is 1. The van der Waals surface area contributed by atoms with Crippen LogP contribution in [-0.2, 0) is 20.2 Å². The minimum Gasteiger partial charge on any atom is -0.485 e. The molecular weight excluding hydrogens is 262 g/mol. The lowest BCUT2D eigenvalue weighted by Gasteiger charge is -2.13. The Morgan fingerprint density at radius 3 is 2.84 bits per heavy atom. The zero-order valence-electron chi connectivity index (χ0n) is 11.4. The van der Waals surface area contributed by atoms with Gasteiger partial charge in [-0.15, -0.1) is 0 Å². The van der Waals surface area contributed by atoms with Crippen LogP contribution in [-0.4, -0.2) is 16.8 Å². The van der Waals surface area contributed by atoms with E-state index in [0.29, 0.717) is 11.6 Å². The van der Waals surface area contributed by atoms with Gasteiger partial charge in [0.05, 0.1) is 16.4 Å².